The van der Waals surface area contributed by atoms with Crippen molar-refractivity contribution in [3.05, 3.63) is 30.9 Å². The van der Waals surface area contributed by atoms with Gasteiger partial charge in [-0.25, -0.2) is 9.59 Å². The summed E-state index contributed by atoms with van der Waals surface area (Å²) in [4.78, 5) is 56.3. The molecule has 1 fully saturated rings. The monoisotopic (exact) mass is 516 g/mol. The number of ether oxygens (including phenoxy) is 2. The molecule has 37 heavy (non-hydrogen) atoms. The van der Waals surface area contributed by atoms with Crippen LogP contribution in [0.25, 0.3) is 0 Å². The van der Waals surface area contributed by atoms with Gasteiger partial charge in [-0.1, -0.05) is 6.08 Å². The second kappa shape index (κ2) is 12.1. The van der Waals surface area contributed by atoms with Crippen molar-refractivity contribution in [3.63, 3.8) is 0 Å². The lowest BCUT2D eigenvalue weighted by molar-refractivity contribution is -0.127. The largest absolute Gasteiger partial charge is 0.494 e. The fourth-order valence-corrected chi connectivity index (χ4v) is 4.26. The van der Waals surface area contributed by atoms with Gasteiger partial charge in [-0.15, -0.1) is 6.58 Å². The van der Waals surface area contributed by atoms with Gasteiger partial charge >= 0.3 is 12.1 Å². The summed E-state index contributed by atoms with van der Waals surface area (Å²) in [6.45, 7) is 13.9. The number of nitrogens with zero attached hydrogens (tertiary/aromatic N) is 4. The van der Waals surface area contributed by atoms with Crippen LogP contribution >= 0.6 is 0 Å². The number of hydrogen-bond donors (Lipinski definition) is 0. The Morgan fingerprint density at radius 2 is 1.95 bits per heavy atom. The Balaban J connectivity index is 2.49. The number of hydrogen-bond acceptors (Lipinski definition) is 6. The molecule has 0 saturated carbocycles. The van der Waals surface area contributed by atoms with Crippen LogP contribution in [0, 0.1) is 0 Å². The molecule has 1 saturated heterocycles. The maximum atomic E-state index is 13.6. The maximum absolute atomic E-state index is 13.6. The van der Waals surface area contributed by atoms with Crippen LogP contribution in [0.2, 0.25) is 0 Å². The van der Waals surface area contributed by atoms with E-state index in [0.717, 1.165) is 4.90 Å². The highest BCUT2D eigenvalue weighted by molar-refractivity contribution is 6.04. The van der Waals surface area contributed by atoms with Crippen LogP contribution in [0.5, 0.6) is 5.75 Å². The van der Waals surface area contributed by atoms with E-state index in [-0.39, 0.29) is 18.9 Å². The van der Waals surface area contributed by atoms with Crippen molar-refractivity contribution in [2.24, 2.45) is 0 Å². The number of urea groups is 1. The van der Waals surface area contributed by atoms with Gasteiger partial charge in [0, 0.05) is 50.4 Å². The number of amides is 5. The highest BCUT2D eigenvalue weighted by atomic mass is 16.6. The first-order valence-electron chi connectivity index (χ1n) is 12.4. The molecule has 1 aliphatic rings. The summed E-state index contributed by atoms with van der Waals surface area (Å²) in [6, 6.07) is 4.63. The molecule has 1 unspecified atom stereocenters. The number of imide groups is 1. The molecule has 1 aliphatic heterocycles. The minimum absolute atomic E-state index is 0.182. The minimum atomic E-state index is -0.801. The number of carbonyl (C=O) groups is 4. The fourth-order valence-electron chi connectivity index (χ4n) is 4.26. The van der Waals surface area contributed by atoms with E-state index in [1.54, 1.807) is 34.1 Å². The number of carbonyl (C=O) groups excluding carboxylic acids is 4. The average Bonchev–Trinajstić information content (AvgIpc) is 2.92. The quantitative estimate of drug-likeness (QED) is 0.337. The first-order valence-corrected chi connectivity index (χ1v) is 12.4. The second-order valence-corrected chi connectivity index (χ2v) is 10.3. The molecule has 1 aromatic rings. The molecule has 204 valence electrons. The SMILES string of the molecule is C=CCN(C=O)c1ccc(N2C(=O)N(C)C(=O)CCC2(C)CCN(CC)C(=O)OC(C)(C)C)cc1OC. The lowest BCUT2D eigenvalue weighted by Crippen LogP contribution is -2.54. The Kier molecular flexibility index (Phi) is 9.72. The molecule has 1 atom stereocenters. The first-order chi connectivity index (χ1) is 17.3. The van der Waals surface area contributed by atoms with Crippen LogP contribution < -0.4 is 14.5 Å². The molecule has 0 spiro atoms. The summed E-state index contributed by atoms with van der Waals surface area (Å²) in [5, 5.41) is 0. The minimum Gasteiger partial charge on any atom is -0.494 e. The molecular weight excluding hydrogens is 476 g/mol. The Morgan fingerprint density at radius 1 is 1.27 bits per heavy atom. The van der Waals surface area contributed by atoms with Crippen LogP contribution in [-0.2, 0) is 14.3 Å². The van der Waals surface area contributed by atoms with Gasteiger partial charge in [0.15, 0.2) is 0 Å². The summed E-state index contributed by atoms with van der Waals surface area (Å²) >= 11 is 0. The van der Waals surface area contributed by atoms with Gasteiger partial charge in [0.2, 0.25) is 12.3 Å². The van der Waals surface area contributed by atoms with E-state index >= 15 is 0 Å². The van der Waals surface area contributed by atoms with Gasteiger partial charge in [0.05, 0.1) is 12.8 Å². The molecule has 0 radical (unpaired) electrons. The van der Waals surface area contributed by atoms with Gasteiger partial charge in [-0.3, -0.25) is 19.4 Å². The highest BCUT2D eigenvalue weighted by Crippen LogP contribution is 2.39. The van der Waals surface area contributed by atoms with E-state index in [2.05, 4.69) is 6.58 Å². The molecule has 10 heteroatoms. The van der Waals surface area contributed by atoms with Crippen LogP contribution in [0.4, 0.5) is 21.0 Å². The third kappa shape index (κ3) is 7.02. The molecule has 0 bridgehead atoms. The number of rotatable bonds is 10. The van der Waals surface area contributed by atoms with E-state index < -0.39 is 23.3 Å². The second-order valence-electron chi connectivity index (χ2n) is 10.3. The Labute approximate surface area is 219 Å². The molecule has 0 N–H and O–H groups in total. The maximum Gasteiger partial charge on any atom is 0.410 e. The Hall–Kier alpha value is -3.56. The average molecular weight is 517 g/mol. The van der Waals surface area contributed by atoms with Gasteiger partial charge in [0.1, 0.15) is 11.4 Å². The zero-order valence-corrected chi connectivity index (χ0v) is 23.1. The third-order valence-electron chi connectivity index (χ3n) is 6.41. The number of methoxy groups -OCH3 is 1. The Morgan fingerprint density at radius 3 is 2.49 bits per heavy atom. The van der Waals surface area contributed by atoms with Crippen molar-refractivity contribution in [1.82, 2.24) is 9.80 Å². The van der Waals surface area contributed by atoms with Crippen molar-refractivity contribution in [3.8, 4) is 5.75 Å². The topological polar surface area (TPSA) is 99.7 Å². The summed E-state index contributed by atoms with van der Waals surface area (Å²) in [5.41, 5.74) is -0.394. The lowest BCUT2D eigenvalue weighted by atomic mass is 9.89. The predicted molar refractivity (Wildman–Crippen MR) is 143 cm³/mol. The summed E-state index contributed by atoms with van der Waals surface area (Å²) < 4.78 is 11.1. The fraction of sp³-hybridized carbons (Fsp3) is 0.556. The zero-order valence-electron chi connectivity index (χ0n) is 23.1. The third-order valence-corrected chi connectivity index (χ3v) is 6.41. The van der Waals surface area contributed by atoms with Crippen molar-refractivity contribution >= 4 is 35.8 Å². The van der Waals surface area contributed by atoms with E-state index in [1.807, 2.05) is 34.6 Å². The summed E-state index contributed by atoms with van der Waals surface area (Å²) in [5.74, 6) is 0.115. The van der Waals surface area contributed by atoms with Crippen LogP contribution in [-0.4, -0.2) is 79.2 Å². The van der Waals surface area contributed by atoms with Crippen LogP contribution in [0.3, 0.4) is 0 Å². The van der Waals surface area contributed by atoms with Crippen molar-refractivity contribution in [2.75, 3.05) is 43.6 Å². The molecule has 5 amide bonds. The molecule has 10 nitrogen and oxygen atoms in total. The van der Waals surface area contributed by atoms with Crippen molar-refractivity contribution < 1.29 is 28.7 Å². The number of anilines is 2. The molecular formula is C27H40N4O6. The summed E-state index contributed by atoms with van der Waals surface area (Å²) in [6.07, 6.45) is 2.84. The first kappa shape index (κ1) is 29.7. The zero-order chi connectivity index (χ0) is 28.0. The summed E-state index contributed by atoms with van der Waals surface area (Å²) in [7, 11) is 2.95. The molecule has 2 rings (SSSR count). The van der Waals surface area contributed by atoms with Crippen LogP contribution in [0.15, 0.2) is 30.9 Å². The van der Waals surface area contributed by atoms with Gasteiger partial charge in [-0.2, -0.15) is 0 Å². The van der Waals surface area contributed by atoms with Crippen molar-refractivity contribution in [1.29, 1.82) is 0 Å². The van der Waals surface area contributed by atoms with Gasteiger partial charge in [0.25, 0.3) is 0 Å². The normalized spacial score (nSPS) is 18.2. The van der Waals surface area contributed by atoms with E-state index in [1.165, 1.54) is 19.1 Å². The molecule has 0 aliphatic carbocycles. The lowest BCUT2D eigenvalue weighted by Gasteiger charge is -2.41. The van der Waals surface area contributed by atoms with E-state index in [0.29, 0.717) is 49.5 Å². The number of benzene rings is 1. The molecule has 1 aromatic carbocycles. The molecule has 1 heterocycles. The molecule has 0 aromatic heterocycles. The standard InChI is InChI=1S/C27H40N4O6/c1-9-16-30(19-32)21-12-11-20(18-22(21)36-8)31-24(34)28(7)23(33)13-14-27(31,6)15-17-29(10-2)25(35)37-26(3,4)5/h9,11-12,18-19H,1,10,13-17H2,2-8H3. The van der Waals surface area contributed by atoms with Gasteiger partial charge in [-0.05, 0) is 59.6 Å². The predicted octanol–water partition coefficient (Wildman–Crippen LogP) is 4.43. The van der Waals surface area contributed by atoms with E-state index in [4.69, 9.17) is 9.47 Å². The van der Waals surface area contributed by atoms with Crippen LogP contribution in [0.1, 0.15) is 53.9 Å². The van der Waals surface area contributed by atoms with Crippen molar-refractivity contribution in [2.45, 2.75) is 65.0 Å². The van der Waals surface area contributed by atoms with E-state index in [9.17, 15) is 19.2 Å². The Bertz CT molecular complexity index is 1020. The highest BCUT2D eigenvalue weighted by Gasteiger charge is 2.43. The van der Waals surface area contributed by atoms with Gasteiger partial charge < -0.3 is 19.3 Å². The smallest absolute Gasteiger partial charge is 0.410 e.